The van der Waals surface area contributed by atoms with Gasteiger partial charge in [0.15, 0.2) is 0 Å². The number of allylic oxidation sites excluding steroid dienone is 2. The van der Waals surface area contributed by atoms with Gasteiger partial charge in [0.05, 0.1) is 0 Å². The first-order chi connectivity index (χ1) is 3.77. The summed E-state index contributed by atoms with van der Waals surface area (Å²) in [4.78, 5) is 0. The Bertz CT molecular complexity index is 112. The van der Waals surface area contributed by atoms with Gasteiger partial charge >= 0.3 is 0 Å². The van der Waals surface area contributed by atoms with Gasteiger partial charge in [0.1, 0.15) is 0 Å². The predicted octanol–water partition coefficient (Wildman–Crippen LogP) is 2.34. The third kappa shape index (κ3) is 5.26. The van der Waals surface area contributed by atoms with Crippen molar-refractivity contribution in [2.75, 3.05) is 0 Å². The summed E-state index contributed by atoms with van der Waals surface area (Å²) in [7, 11) is 0. The largest absolute Gasteiger partial charge is 0.125 e. The number of hydrogen-bond acceptors (Lipinski definition) is 0. The van der Waals surface area contributed by atoms with E-state index in [2.05, 4.69) is 19.6 Å². The quantitative estimate of drug-likeness (QED) is 0.375. The SMILES string of the molecule is [CH]=CC=C=CC(C)C. The van der Waals surface area contributed by atoms with Crippen molar-refractivity contribution < 1.29 is 0 Å². The van der Waals surface area contributed by atoms with Crippen LogP contribution >= 0.6 is 0 Å². The van der Waals surface area contributed by atoms with Gasteiger partial charge in [0.2, 0.25) is 0 Å². The van der Waals surface area contributed by atoms with E-state index in [0.29, 0.717) is 5.92 Å². The Labute approximate surface area is 51.2 Å². The van der Waals surface area contributed by atoms with Gasteiger partial charge in [0.25, 0.3) is 0 Å². The molecule has 0 rings (SSSR count). The van der Waals surface area contributed by atoms with Crippen LogP contribution in [0.15, 0.2) is 24.0 Å². The van der Waals surface area contributed by atoms with Crippen LogP contribution in [0.2, 0.25) is 0 Å². The molecule has 0 aliphatic carbocycles. The van der Waals surface area contributed by atoms with Gasteiger partial charge in [-0.05, 0) is 18.1 Å². The Morgan fingerprint density at radius 1 is 1.50 bits per heavy atom. The van der Waals surface area contributed by atoms with Crippen molar-refractivity contribution in [3.63, 3.8) is 0 Å². The van der Waals surface area contributed by atoms with Gasteiger partial charge in [-0.2, -0.15) is 0 Å². The van der Waals surface area contributed by atoms with Crippen LogP contribution in [-0.4, -0.2) is 0 Å². The lowest BCUT2D eigenvalue weighted by atomic mass is 10.2. The van der Waals surface area contributed by atoms with Crippen LogP contribution in [0.25, 0.3) is 0 Å². The first kappa shape index (κ1) is 7.26. The molecule has 0 nitrogen and oxygen atoms in total. The molecular formula is C8H11. The van der Waals surface area contributed by atoms with Crippen LogP contribution in [-0.2, 0) is 0 Å². The first-order valence-corrected chi connectivity index (χ1v) is 2.73. The molecule has 0 aliphatic heterocycles. The molecule has 0 amide bonds. The molecule has 43 valence electrons. The normalized spacial score (nSPS) is 7.88. The first-order valence-electron chi connectivity index (χ1n) is 2.73. The van der Waals surface area contributed by atoms with Crippen molar-refractivity contribution in [2.45, 2.75) is 13.8 Å². The van der Waals surface area contributed by atoms with Crippen molar-refractivity contribution >= 4 is 0 Å². The minimum Gasteiger partial charge on any atom is -0.125 e. The second kappa shape index (κ2) is 4.42. The second-order valence-corrected chi connectivity index (χ2v) is 1.94. The van der Waals surface area contributed by atoms with E-state index in [-0.39, 0.29) is 0 Å². The topological polar surface area (TPSA) is 0 Å². The van der Waals surface area contributed by atoms with Crippen LogP contribution in [0.4, 0.5) is 0 Å². The molecule has 0 aromatic heterocycles. The summed E-state index contributed by atoms with van der Waals surface area (Å²) in [6, 6.07) is 0. The molecule has 0 aliphatic rings. The van der Waals surface area contributed by atoms with E-state index in [4.69, 9.17) is 6.58 Å². The molecule has 0 unspecified atom stereocenters. The molecular weight excluding hydrogens is 96.1 g/mol. The Kier molecular flexibility index (Phi) is 4.01. The minimum absolute atomic E-state index is 0.561. The zero-order chi connectivity index (χ0) is 6.41. The fourth-order valence-corrected chi connectivity index (χ4v) is 0.304. The maximum atomic E-state index is 5.05. The predicted molar refractivity (Wildman–Crippen MR) is 36.4 cm³/mol. The Morgan fingerprint density at radius 2 is 2.12 bits per heavy atom. The highest BCUT2D eigenvalue weighted by atomic mass is 13.8. The van der Waals surface area contributed by atoms with Gasteiger partial charge in [-0.3, -0.25) is 0 Å². The summed E-state index contributed by atoms with van der Waals surface area (Å²) in [5, 5.41) is 0. The van der Waals surface area contributed by atoms with Crippen LogP contribution < -0.4 is 0 Å². The van der Waals surface area contributed by atoms with Crippen molar-refractivity contribution in [1.29, 1.82) is 0 Å². The molecule has 0 bridgehead atoms. The van der Waals surface area contributed by atoms with Gasteiger partial charge < -0.3 is 0 Å². The summed E-state index contributed by atoms with van der Waals surface area (Å²) in [6.07, 6.45) is 5.13. The van der Waals surface area contributed by atoms with Crippen LogP contribution in [0, 0.1) is 12.5 Å². The summed E-state index contributed by atoms with van der Waals surface area (Å²) >= 11 is 0. The van der Waals surface area contributed by atoms with E-state index in [0.717, 1.165) is 0 Å². The Balaban J connectivity index is 3.63. The highest BCUT2D eigenvalue weighted by Crippen LogP contribution is 1.89. The van der Waals surface area contributed by atoms with Crippen molar-refractivity contribution in [3.8, 4) is 0 Å². The van der Waals surface area contributed by atoms with Crippen molar-refractivity contribution in [2.24, 2.45) is 5.92 Å². The average molecular weight is 107 g/mol. The van der Waals surface area contributed by atoms with Gasteiger partial charge in [-0.25, -0.2) is 0 Å². The Morgan fingerprint density at radius 3 is 2.50 bits per heavy atom. The van der Waals surface area contributed by atoms with Gasteiger partial charge in [0, 0.05) is 0 Å². The molecule has 0 saturated heterocycles. The van der Waals surface area contributed by atoms with Crippen molar-refractivity contribution in [1.82, 2.24) is 0 Å². The van der Waals surface area contributed by atoms with Gasteiger partial charge in [-0.15, -0.1) is 5.73 Å². The fraction of sp³-hybridized carbons (Fsp3) is 0.375. The molecule has 1 radical (unpaired) electrons. The fourth-order valence-electron chi connectivity index (χ4n) is 0.304. The van der Waals surface area contributed by atoms with Crippen LogP contribution in [0.1, 0.15) is 13.8 Å². The standard InChI is InChI=1S/C8H11/c1-4-5-6-7-8(2)3/h1,4-5,7-8H,2-3H3. The minimum atomic E-state index is 0.561. The number of hydrogen-bond donors (Lipinski definition) is 0. The lowest BCUT2D eigenvalue weighted by molar-refractivity contribution is 0.833. The van der Waals surface area contributed by atoms with Crippen molar-refractivity contribution in [3.05, 3.63) is 30.5 Å². The molecule has 0 heterocycles. The van der Waals surface area contributed by atoms with Gasteiger partial charge in [-0.1, -0.05) is 26.5 Å². The van der Waals surface area contributed by atoms with Crippen LogP contribution in [0.5, 0.6) is 0 Å². The summed E-state index contributed by atoms with van der Waals surface area (Å²) in [5.41, 5.74) is 2.90. The van der Waals surface area contributed by atoms with E-state index in [1.54, 1.807) is 6.08 Å². The Hall–Kier alpha value is -0.740. The second-order valence-electron chi connectivity index (χ2n) is 1.94. The lowest BCUT2D eigenvalue weighted by Gasteiger charge is -1.84. The molecule has 0 heteroatoms. The van der Waals surface area contributed by atoms with E-state index in [1.807, 2.05) is 6.08 Å². The van der Waals surface area contributed by atoms with Crippen LogP contribution in [0.3, 0.4) is 0 Å². The highest BCUT2D eigenvalue weighted by Gasteiger charge is 1.77. The van der Waals surface area contributed by atoms with E-state index < -0.39 is 0 Å². The zero-order valence-corrected chi connectivity index (χ0v) is 5.39. The van der Waals surface area contributed by atoms with E-state index >= 15 is 0 Å². The smallest absolute Gasteiger partial charge is 0.0203 e. The molecule has 0 aromatic carbocycles. The molecule has 0 saturated carbocycles. The maximum absolute atomic E-state index is 5.05. The zero-order valence-electron chi connectivity index (χ0n) is 5.39. The summed E-state index contributed by atoms with van der Waals surface area (Å²) in [6.45, 7) is 9.24. The molecule has 0 N–H and O–H groups in total. The summed E-state index contributed by atoms with van der Waals surface area (Å²) < 4.78 is 0. The summed E-state index contributed by atoms with van der Waals surface area (Å²) in [5.74, 6) is 0.561. The molecule has 8 heavy (non-hydrogen) atoms. The molecule has 0 aromatic rings. The molecule has 0 spiro atoms. The lowest BCUT2D eigenvalue weighted by Crippen LogP contribution is -1.72. The average Bonchev–Trinajstić information content (AvgIpc) is 1.66. The third-order valence-electron chi connectivity index (χ3n) is 0.622. The molecule has 0 atom stereocenters. The van der Waals surface area contributed by atoms with E-state index in [1.165, 1.54) is 6.08 Å². The molecule has 0 fully saturated rings. The monoisotopic (exact) mass is 107 g/mol. The number of rotatable bonds is 2. The maximum Gasteiger partial charge on any atom is -0.0203 e. The third-order valence-corrected chi connectivity index (χ3v) is 0.622. The highest BCUT2D eigenvalue weighted by molar-refractivity contribution is 4.96. The van der Waals surface area contributed by atoms with E-state index in [9.17, 15) is 0 Å².